The van der Waals surface area contributed by atoms with Crippen molar-refractivity contribution in [2.45, 2.75) is 45.6 Å². The molecule has 1 aromatic heterocycles. The first-order valence-corrected chi connectivity index (χ1v) is 8.91. The van der Waals surface area contributed by atoms with Gasteiger partial charge in [0.15, 0.2) is 0 Å². The van der Waals surface area contributed by atoms with Crippen molar-refractivity contribution in [3.63, 3.8) is 0 Å². The van der Waals surface area contributed by atoms with Gasteiger partial charge < -0.3 is 9.32 Å². The molecule has 6 heteroatoms. The fourth-order valence-electron chi connectivity index (χ4n) is 3.24. The molecule has 0 radical (unpaired) electrons. The molecule has 0 bridgehead atoms. The molecule has 0 spiro atoms. The van der Waals surface area contributed by atoms with Gasteiger partial charge >= 0.3 is 0 Å². The number of carbonyl (C=O) groups is 1. The summed E-state index contributed by atoms with van der Waals surface area (Å²) in [5.74, 6) is 1.26. The van der Waals surface area contributed by atoms with Crippen LogP contribution in [0.5, 0.6) is 0 Å². The van der Waals surface area contributed by atoms with Gasteiger partial charge in [0.25, 0.3) is 0 Å². The third-order valence-corrected chi connectivity index (χ3v) is 4.94. The predicted molar refractivity (Wildman–Crippen MR) is 92.5 cm³/mol. The first-order chi connectivity index (χ1) is 11.6. The molecule has 128 valence electrons. The summed E-state index contributed by atoms with van der Waals surface area (Å²) in [6, 6.07) is 7.17. The molecular formula is C18H22ClN3O2. The van der Waals surface area contributed by atoms with Crippen molar-refractivity contribution in [1.29, 1.82) is 0 Å². The number of carbonyl (C=O) groups excluding carboxylic acids is 1. The molecule has 1 saturated heterocycles. The van der Waals surface area contributed by atoms with Crippen LogP contribution in [0.15, 0.2) is 28.7 Å². The zero-order chi connectivity index (χ0) is 17.1. The molecular weight excluding hydrogens is 326 g/mol. The standard InChI is InChI=1S/C18H22ClN3O2/c1-3-12(4-2)18(23)22-11-5-6-15(22)17-21-20-16(24-17)13-7-9-14(19)10-8-13/h7-10,12,15H,3-6,11H2,1-2H3. The zero-order valence-corrected chi connectivity index (χ0v) is 14.8. The molecule has 1 atom stereocenters. The van der Waals surface area contributed by atoms with E-state index in [1.807, 2.05) is 17.0 Å². The molecule has 2 aromatic rings. The normalized spacial score (nSPS) is 17.7. The molecule has 1 amide bonds. The number of rotatable bonds is 5. The molecule has 3 rings (SSSR count). The summed E-state index contributed by atoms with van der Waals surface area (Å²) in [4.78, 5) is 14.6. The highest BCUT2D eigenvalue weighted by Gasteiger charge is 2.36. The van der Waals surface area contributed by atoms with Crippen molar-refractivity contribution in [2.24, 2.45) is 5.92 Å². The Balaban J connectivity index is 1.81. The van der Waals surface area contributed by atoms with Crippen molar-refractivity contribution >= 4 is 17.5 Å². The topological polar surface area (TPSA) is 59.2 Å². The summed E-state index contributed by atoms with van der Waals surface area (Å²) in [6.45, 7) is 4.88. The molecule has 0 N–H and O–H groups in total. The minimum absolute atomic E-state index is 0.0734. The quantitative estimate of drug-likeness (QED) is 0.799. The lowest BCUT2D eigenvalue weighted by Gasteiger charge is -2.26. The summed E-state index contributed by atoms with van der Waals surface area (Å²) in [5, 5.41) is 9.00. The monoisotopic (exact) mass is 347 g/mol. The smallest absolute Gasteiger partial charge is 0.247 e. The Bertz CT molecular complexity index is 695. The van der Waals surface area contributed by atoms with Crippen LogP contribution in [0, 0.1) is 5.92 Å². The van der Waals surface area contributed by atoms with E-state index in [0.717, 1.165) is 37.8 Å². The fraction of sp³-hybridized carbons (Fsp3) is 0.500. The van der Waals surface area contributed by atoms with E-state index in [1.165, 1.54) is 0 Å². The van der Waals surface area contributed by atoms with Gasteiger partial charge in [-0.3, -0.25) is 4.79 Å². The number of hydrogen-bond donors (Lipinski definition) is 0. The second-order valence-electron chi connectivity index (χ2n) is 6.16. The third-order valence-electron chi connectivity index (χ3n) is 4.69. The second-order valence-corrected chi connectivity index (χ2v) is 6.59. The van der Waals surface area contributed by atoms with Crippen molar-refractivity contribution in [3.8, 4) is 11.5 Å². The van der Waals surface area contributed by atoms with Crippen molar-refractivity contribution in [1.82, 2.24) is 15.1 Å². The molecule has 1 fully saturated rings. The van der Waals surface area contributed by atoms with Crippen LogP contribution in [0.25, 0.3) is 11.5 Å². The van der Waals surface area contributed by atoms with Crippen LogP contribution < -0.4 is 0 Å². The maximum Gasteiger partial charge on any atom is 0.247 e. The van der Waals surface area contributed by atoms with E-state index >= 15 is 0 Å². The van der Waals surface area contributed by atoms with Crippen molar-refractivity contribution < 1.29 is 9.21 Å². The van der Waals surface area contributed by atoms with Crippen LogP contribution in [-0.2, 0) is 4.79 Å². The Kier molecular flexibility index (Phi) is 5.19. The van der Waals surface area contributed by atoms with Crippen molar-refractivity contribution in [3.05, 3.63) is 35.2 Å². The minimum atomic E-state index is -0.105. The molecule has 1 aliphatic rings. The highest BCUT2D eigenvalue weighted by atomic mass is 35.5. The second kappa shape index (κ2) is 7.34. The minimum Gasteiger partial charge on any atom is -0.418 e. The van der Waals surface area contributed by atoms with E-state index in [4.69, 9.17) is 16.0 Å². The van der Waals surface area contributed by atoms with Crippen LogP contribution in [-0.4, -0.2) is 27.5 Å². The Labute approximate surface area is 147 Å². The van der Waals surface area contributed by atoms with E-state index in [0.29, 0.717) is 16.8 Å². The Morgan fingerprint density at radius 2 is 2.00 bits per heavy atom. The summed E-state index contributed by atoms with van der Waals surface area (Å²) < 4.78 is 5.86. The number of benzene rings is 1. The van der Waals surface area contributed by atoms with Gasteiger partial charge in [-0.2, -0.15) is 0 Å². The highest BCUT2D eigenvalue weighted by molar-refractivity contribution is 6.30. The van der Waals surface area contributed by atoms with E-state index in [9.17, 15) is 4.79 Å². The van der Waals surface area contributed by atoms with E-state index in [1.54, 1.807) is 12.1 Å². The highest BCUT2D eigenvalue weighted by Crippen LogP contribution is 2.34. The number of likely N-dealkylation sites (tertiary alicyclic amines) is 1. The molecule has 1 unspecified atom stereocenters. The molecule has 1 aromatic carbocycles. The lowest BCUT2D eigenvalue weighted by atomic mass is 10.0. The summed E-state index contributed by atoms with van der Waals surface area (Å²) >= 11 is 5.91. The molecule has 5 nitrogen and oxygen atoms in total. The molecule has 0 saturated carbocycles. The van der Waals surface area contributed by atoms with Gasteiger partial charge in [-0.25, -0.2) is 0 Å². The Morgan fingerprint density at radius 3 is 2.67 bits per heavy atom. The number of nitrogens with zero attached hydrogens (tertiary/aromatic N) is 3. The summed E-state index contributed by atoms with van der Waals surface area (Å²) in [7, 11) is 0. The van der Waals surface area contributed by atoms with Crippen LogP contribution in [0.4, 0.5) is 0 Å². The van der Waals surface area contributed by atoms with Crippen LogP contribution in [0.1, 0.15) is 51.5 Å². The molecule has 0 aliphatic carbocycles. The Morgan fingerprint density at radius 1 is 1.29 bits per heavy atom. The predicted octanol–water partition coefficient (Wildman–Crippen LogP) is 4.49. The summed E-state index contributed by atoms with van der Waals surface area (Å²) in [5.41, 5.74) is 0.828. The van der Waals surface area contributed by atoms with Gasteiger partial charge in [0.05, 0.1) is 0 Å². The van der Waals surface area contributed by atoms with Gasteiger partial charge in [-0.05, 0) is 49.9 Å². The van der Waals surface area contributed by atoms with Gasteiger partial charge in [-0.15, -0.1) is 10.2 Å². The van der Waals surface area contributed by atoms with Crippen LogP contribution >= 0.6 is 11.6 Å². The average molecular weight is 348 g/mol. The Hall–Kier alpha value is -1.88. The number of hydrogen-bond acceptors (Lipinski definition) is 4. The first kappa shape index (κ1) is 17.0. The van der Waals surface area contributed by atoms with E-state index in [2.05, 4.69) is 24.0 Å². The van der Waals surface area contributed by atoms with Gasteiger partial charge in [0.2, 0.25) is 17.7 Å². The van der Waals surface area contributed by atoms with E-state index < -0.39 is 0 Å². The number of aromatic nitrogens is 2. The molecule has 2 heterocycles. The number of amides is 1. The lowest BCUT2D eigenvalue weighted by molar-refractivity contribution is -0.137. The van der Waals surface area contributed by atoms with Gasteiger partial charge in [0.1, 0.15) is 6.04 Å². The largest absolute Gasteiger partial charge is 0.418 e. The lowest BCUT2D eigenvalue weighted by Crippen LogP contribution is -2.35. The fourth-order valence-corrected chi connectivity index (χ4v) is 3.36. The number of halogens is 1. The van der Waals surface area contributed by atoms with Gasteiger partial charge in [-0.1, -0.05) is 25.4 Å². The first-order valence-electron chi connectivity index (χ1n) is 8.53. The maximum atomic E-state index is 12.7. The molecule has 24 heavy (non-hydrogen) atoms. The summed E-state index contributed by atoms with van der Waals surface area (Å²) in [6.07, 6.45) is 3.56. The zero-order valence-electron chi connectivity index (χ0n) is 14.0. The maximum absolute atomic E-state index is 12.7. The average Bonchev–Trinajstić information content (AvgIpc) is 3.25. The SMILES string of the molecule is CCC(CC)C(=O)N1CCCC1c1nnc(-c2ccc(Cl)cc2)o1. The molecule has 1 aliphatic heterocycles. The van der Waals surface area contributed by atoms with Crippen LogP contribution in [0.2, 0.25) is 5.02 Å². The third kappa shape index (κ3) is 3.31. The van der Waals surface area contributed by atoms with Crippen LogP contribution in [0.3, 0.4) is 0 Å². The van der Waals surface area contributed by atoms with Gasteiger partial charge in [0, 0.05) is 23.0 Å². The van der Waals surface area contributed by atoms with E-state index in [-0.39, 0.29) is 17.9 Å². The van der Waals surface area contributed by atoms with Crippen molar-refractivity contribution in [2.75, 3.05) is 6.54 Å².